The number of ether oxygens (including phenoxy) is 1. The summed E-state index contributed by atoms with van der Waals surface area (Å²) < 4.78 is 6.12. The monoisotopic (exact) mass is 454 g/mol. The van der Waals surface area contributed by atoms with Crippen molar-refractivity contribution in [1.82, 2.24) is 5.32 Å². The number of amides is 3. The maximum atomic E-state index is 12.5. The van der Waals surface area contributed by atoms with Crippen molar-refractivity contribution in [1.29, 1.82) is 0 Å². The molecule has 122 valence electrons. The fraction of sp³-hybridized carbons (Fsp3) is 0.0588. The molecule has 2 aromatic carbocycles. The maximum Gasteiger partial charge on any atom is 0.333 e. The highest BCUT2D eigenvalue weighted by Crippen LogP contribution is 2.26. The van der Waals surface area contributed by atoms with Gasteiger partial charge in [0.05, 0.1) is 16.4 Å². The number of hydrogen-bond acceptors (Lipinski definition) is 3. The van der Waals surface area contributed by atoms with Crippen LogP contribution in [0.5, 0.6) is 5.75 Å². The lowest BCUT2D eigenvalue weighted by Crippen LogP contribution is -2.30. The van der Waals surface area contributed by atoms with Crippen LogP contribution < -0.4 is 15.0 Å². The van der Waals surface area contributed by atoms with Gasteiger partial charge < -0.3 is 10.1 Å². The zero-order chi connectivity index (χ0) is 17.3. The Morgan fingerprint density at radius 1 is 1.21 bits per heavy atom. The van der Waals surface area contributed by atoms with Gasteiger partial charge in [0.25, 0.3) is 5.91 Å². The van der Waals surface area contributed by atoms with E-state index in [1.54, 1.807) is 37.5 Å². The lowest BCUT2D eigenvalue weighted by molar-refractivity contribution is -0.113. The van der Waals surface area contributed by atoms with Crippen molar-refractivity contribution >= 4 is 57.9 Å². The molecule has 1 aliphatic rings. The largest absolute Gasteiger partial charge is 0.496 e. The van der Waals surface area contributed by atoms with E-state index < -0.39 is 11.9 Å². The number of halogens is 2. The van der Waals surface area contributed by atoms with Gasteiger partial charge in [-0.15, -0.1) is 0 Å². The number of hydrogen-bond donors (Lipinski definition) is 1. The lowest BCUT2D eigenvalue weighted by atomic mass is 10.2. The van der Waals surface area contributed by atoms with Gasteiger partial charge in [-0.1, -0.05) is 23.7 Å². The Morgan fingerprint density at radius 3 is 2.67 bits per heavy atom. The lowest BCUT2D eigenvalue weighted by Gasteiger charge is -2.11. The van der Waals surface area contributed by atoms with E-state index in [-0.39, 0.29) is 5.70 Å². The summed E-state index contributed by atoms with van der Waals surface area (Å²) >= 11 is 8.08. The van der Waals surface area contributed by atoms with E-state index in [4.69, 9.17) is 16.3 Å². The highest BCUT2D eigenvalue weighted by Gasteiger charge is 2.34. The Bertz CT molecular complexity index is 867. The Morgan fingerprint density at radius 2 is 2.00 bits per heavy atom. The maximum absolute atomic E-state index is 12.5. The molecule has 0 spiro atoms. The molecule has 0 aliphatic carbocycles. The molecule has 24 heavy (non-hydrogen) atoms. The third kappa shape index (κ3) is 3.25. The van der Waals surface area contributed by atoms with Gasteiger partial charge in [0.15, 0.2) is 0 Å². The van der Waals surface area contributed by atoms with E-state index in [1.807, 2.05) is 18.2 Å². The number of methoxy groups -OCH3 is 1. The molecule has 1 saturated heterocycles. The molecular weight excluding hydrogens is 443 g/mol. The van der Waals surface area contributed by atoms with Gasteiger partial charge in [-0.2, -0.15) is 0 Å². The van der Waals surface area contributed by atoms with Crippen molar-refractivity contribution in [3.8, 4) is 5.75 Å². The minimum Gasteiger partial charge on any atom is -0.496 e. The fourth-order valence-corrected chi connectivity index (χ4v) is 3.27. The summed E-state index contributed by atoms with van der Waals surface area (Å²) in [5, 5.41) is 3.04. The van der Waals surface area contributed by atoms with Crippen LogP contribution in [0.4, 0.5) is 10.5 Å². The molecule has 3 rings (SSSR count). The summed E-state index contributed by atoms with van der Waals surface area (Å²) in [5.74, 6) is 0.327. The quantitative estimate of drug-likeness (QED) is 0.432. The van der Waals surface area contributed by atoms with E-state index in [0.29, 0.717) is 10.7 Å². The van der Waals surface area contributed by atoms with Crippen LogP contribution in [-0.2, 0) is 4.79 Å². The minimum atomic E-state index is -0.503. The molecule has 1 aliphatic heterocycles. The second-order valence-electron chi connectivity index (χ2n) is 5.00. The number of rotatable bonds is 3. The van der Waals surface area contributed by atoms with Gasteiger partial charge in [0.2, 0.25) is 0 Å². The predicted molar refractivity (Wildman–Crippen MR) is 101 cm³/mol. The first kappa shape index (κ1) is 16.8. The standard InChI is InChI=1S/C17H12ClIN2O3/c1-24-15-6-5-10(7-13(15)19)8-14-16(22)21(17(23)20-14)12-4-2-3-11(18)9-12/h2-9H,1H3,(H,20,23). The molecule has 0 bridgehead atoms. The normalized spacial score (nSPS) is 15.8. The molecule has 0 radical (unpaired) electrons. The van der Waals surface area contributed by atoms with E-state index in [9.17, 15) is 9.59 Å². The summed E-state index contributed by atoms with van der Waals surface area (Å²) in [5.41, 5.74) is 1.43. The minimum absolute atomic E-state index is 0.209. The number of carbonyl (C=O) groups excluding carboxylic acids is 2. The number of anilines is 1. The first-order valence-corrected chi connectivity index (χ1v) is 8.41. The smallest absolute Gasteiger partial charge is 0.333 e. The van der Waals surface area contributed by atoms with Gasteiger partial charge >= 0.3 is 6.03 Å². The van der Waals surface area contributed by atoms with Crippen LogP contribution in [0.2, 0.25) is 5.02 Å². The number of imide groups is 1. The first-order chi connectivity index (χ1) is 11.5. The van der Waals surface area contributed by atoms with E-state index in [2.05, 4.69) is 27.9 Å². The third-order valence-corrected chi connectivity index (χ3v) is 4.51. The van der Waals surface area contributed by atoms with Crippen LogP contribution in [0.15, 0.2) is 48.2 Å². The zero-order valence-corrected chi connectivity index (χ0v) is 15.5. The van der Waals surface area contributed by atoms with Crippen LogP contribution in [0, 0.1) is 3.57 Å². The molecule has 0 atom stereocenters. The molecule has 0 saturated carbocycles. The molecular formula is C17H12ClIN2O3. The predicted octanol–water partition coefficient (Wildman–Crippen LogP) is 4.05. The molecule has 0 unspecified atom stereocenters. The SMILES string of the molecule is COc1ccc(C=C2NC(=O)N(c3cccc(Cl)c3)C2=O)cc1I. The van der Waals surface area contributed by atoms with Crippen LogP contribution in [0.3, 0.4) is 0 Å². The molecule has 0 aromatic heterocycles. The van der Waals surface area contributed by atoms with Crippen LogP contribution in [0.25, 0.3) is 6.08 Å². The first-order valence-electron chi connectivity index (χ1n) is 6.96. The van der Waals surface area contributed by atoms with Gasteiger partial charge in [0.1, 0.15) is 11.4 Å². The molecule has 5 nitrogen and oxygen atoms in total. The number of nitrogens with zero attached hydrogens (tertiary/aromatic N) is 1. The summed E-state index contributed by atoms with van der Waals surface area (Å²) in [6.07, 6.45) is 1.63. The van der Waals surface area contributed by atoms with Crippen molar-refractivity contribution in [2.24, 2.45) is 0 Å². The summed E-state index contributed by atoms with van der Waals surface area (Å²) in [6.45, 7) is 0. The van der Waals surface area contributed by atoms with Gasteiger partial charge in [-0.3, -0.25) is 4.79 Å². The number of carbonyl (C=O) groups is 2. The summed E-state index contributed by atoms with van der Waals surface area (Å²) in [4.78, 5) is 25.8. The van der Waals surface area contributed by atoms with Crippen LogP contribution in [0.1, 0.15) is 5.56 Å². The van der Waals surface area contributed by atoms with Crippen molar-refractivity contribution in [2.45, 2.75) is 0 Å². The Labute approximate surface area is 157 Å². The van der Waals surface area contributed by atoms with E-state index >= 15 is 0 Å². The second kappa shape index (κ2) is 6.82. The third-order valence-electron chi connectivity index (χ3n) is 3.43. The average molecular weight is 455 g/mol. The zero-order valence-electron chi connectivity index (χ0n) is 12.5. The molecule has 7 heteroatoms. The molecule has 1 fully saturated rings. The van der Waals surface area contributed by atoms with Crippen molar-refractivity contribution in [3.05, 3.63) is 62.3 Å². The van der Waals surface area contributed by atoms with E-state index in [1.165, 1.54) is 0 Å². The van der Waals surface area contributed by atoms with Gasteiger partial charge in [-0.05, 0) is 64.6 Å². The summed E-state index contributed by atoms with van der Waals surface area (Å²) in [6, 6.07) is 11.6. The van der Waals surface area contributed by atoms with Crippen molar-refractivity contribution in [2.75, 3.05) is 12.0 Å². The Balaban J connectivity index is 1.92. The molecule has 2 aromatic rings. The highest BCUT2D eigenvalue weighted by molar-refractivity contribution is 14.1. The van der Waals surface area contributed by atoms with E-state index in [0.717, 1.165) is 19.8 Å². The fourth-order valence-electron chi connectivity index (χ4n) is 2.32. The van der Waals surface area contributed by atoms with Gasteiger partial charge in [-0.25, -0.2) is 9.69 Å². The molecule has 3 amide bonds. The van der Waals surface area contributed by atoms with Gasteiger partial charge in [0, 0.05) is 5.02 Å². The highest BCUT2D eigenvalue weighted by atomic mass is 127. The van der Waals surface area contributed by atoms with Crippen LogP contribution in [-0.4, -0.2) is 19.0 Å². The average Bonchev–Trinajstić information content (AvgIpc) is 2.81. The van der Waals surface area contributed by atoms with Crippen LogP contribution >= 0.6 is 34.2 Å². The number of benzene rings is 2. The topological polar surface area (TPSA) is 58.6 Å². The molecule has 1 heterocycles. The summed E-state index contributed by atoms with van der Waals surface area (Å²) in [7, 11) is 1.60. The second-order valence-corrected chi connectivity index (χ2v) is 6.60. The number of urea groups is 1. The molecule has 1 N–H and O–H groups in total. The Hall–Kier alpha value is -2.06. The van der Waals surface area contributed by atoms with Crippen molar-refractivity contribution in [3.63, 3.8) is 0 Å². The number of nitrogens with one attached hydrogen (secondary N) is 1. The van der Waals surface area contributed by atoms with Crippen molar-refractivity contribution < 1.29 is 14.3 Å². The Kier molecular flexibility index (Phi) is 4.77.